The molecule has 0 aliphatic carbocycles. The van der Waals surface area contributed by atoms with E-state index in [0.717, 1.165) is 11.8 Å². The highest BCUT2D eigenvalue weighted by Gasteiger charge is 2.16. The van der Waals surface area contributed by atoms with Crippen molar-refractivity contribution in [3.8, 4) is 0 Å². The number of carbonyl (C=O) groups excluding carboxylic acids is 1. The van der Waals surface area contributed by atoms with Crippen LogP contribution < -0.4 is 10.4 Å². The molecule has 0 aliphatic rings. The number of benzene rings is 1. The molecule has 3 aromatic rings. The topological polar surface area (TPSA) is 91.2 Å². The maximum atomic E-state index is 13.2. The van der Waals surface area contributed by atoms with Crippen LogP contribution in [0.4, 0.5) is 15.3 Å². The van der Waals surface area contributed by atoms with Crippen LogP contribution in [-0.4, -0.2) is 25.5 Å². The zero-order valence-electron chi connectivity index (χ0n) is 15.2. The number of carbonyl (C=O) groups is 1. The van der Waals surface area contributed by atoms with Gasteiger partial charge < -0.3 is 0 Å². The smallest absolute Gasteiger partial charge is 0.274 e. The summed E-state index contributed by atoms with van der Waals surface area (Å²) in [5.41, 5.74) is 2.81. The van der Waals surface area contributed by atoms with Gasteiger partial charge in [0, 0.05) is 17.1 Å². The summed E-state index contributed by atoms with van der Waals surface area (Å²) in [5, 5.41) is 9.30. The van der Waals surface area contributed by atoms with Crippen molar-refractivity contribution in [3.05, 3.63) is 65.4 Å². The predicted octanol–water partition coefficient (Wildman–Crippen LogP) is 3.86. The highest BCUT2D eigenvalue weighted by atomic mass is 32.1. The van der Waals surface area contributed by atoms with E-state index in [1.165, 1.54) is 17.6 Å². The minimum absolute atomic E-state index is 0.337. The predicted molar refractivity (Wildman–Crippen MR) is 102 cm³/mol. The Morgan fingerprint density at radius 2 is 1.93 bits per heavy atom. The molecule has 1 amide bonds. The molecular formula is C18H20FN5O2S. The summed E-state index contributed by atoms with van der Waals surface area (Å²) in [6.45, 7) is 6.20. The van der Waals surface area contributed by atoms with E-state index in [9.17, 15) is 9.18 Å². The minimum atomic E-state index is -0.580. The molecular weight excluding hydrogens is 369 g/mol. The van der Waals surface area contributed by atoms with Crippen molar-refractivity contribution in [1.29, 1.82) is 0 Å². The molecule has 0 fully saturated rings. The van der Waals surface area contributed by atoms with Crippen LogP contribution >= 0.6 is 11.5 Å². The van der Waals surface area contributed by atoms with Crippen LogP contribution in [0.15, 0.2) is 42.6 Å². The van der Waals surface area contributed by atoms with Crippen LogP contribution in [0, 0.1) is 12.7 Å². The Balaban J connectivity index is 0.00000126. The van der Waals surface area contributed by atoms with Crippen LogP contribution in [-0.2, 0) is 6.54 Å². The molecule has 0 saturated heterocycles. The van der Waals surface area contributed by atoms with Crippen molar-refractivity contribution >= 4 is 28.4 Å². The zero-order valence-corrected chi connectivity index (χ0v) is 16.0. The lowest BCUT2D eigenvalue weighted by Gasteiger charge is -2.20. The Morgan fingerprint density at radius 1 is 1.22 bits per heavy atom. The third-order valence-electron chi connectivity index (χ3n) is 3.39. The maximum Gasteiger partial charge on any atom is 0.274 e. The molecule has 0 saturated carbocycles. The first kappa shape index (κ1) is 20.4. The van der Waals surface area contributed by atoms with Crippen LogP contribution in [0.3, 0.4) is 0 Å². The number of halogens is 1. The molecule has 0 bridgehead atoms. The van der Waals surface area contributed by atoms with Gasteiger partial charge in [0.1, 0.15) is 17.5 Å². The first-order chi connectivity index (χ1) is 13.1. The highest BCUT2D eigenvalue weighted by Crippen LogP contribution is 2.27. The number of amides is 1. The van der Waals surface area contributed by atoms with Gasteiger partial charge >= 0.3 is 0 Å². The zero-order chi connectivity index (χ0) is 19.8. The van der Waals surface area contributed by atoms with Crippen molar-refractivity contribution in [3.63, 3.8) is 0 Å². The summed E-state index contributed by atoms with van der Waals surface area (Å²) < 4.78 is 17.3. The molecule has 2 N–H and O–H groups in total. The molecule has 0 aliphatic heterocycles. The molecule has 0 spiro atoms. The van der Waals surface area contributed by atoms with E-state index in [4.69, 9.17) is 5.21 Å². The molecule has 2 heterocycles. The van der Waals surface area contributed by atoms with Crippen molar-refractivity contribution < 1.29 is 14.4 Å². The largest absolute Gasteiger partial charge is 0.297 e. The van der Waals surface area contributed by atoms with Crippen molar-refractivity contribution in [2.45, 2.75) is 27.3 Å². The van der Waals surface area contributed by atoms with E-state index in [2.05, 4.69) is 14.3 Å². The van der Waals surface area contributed by atoms with E-state index >= 15 is 0 Å². The third kappa shape index (κ3) is 5.28. The Kier molecular flexibility index (Phi) is 7.33. The van der Waals surface area contributed by atoms with Gasteiger partial charge in [-0.2, -0.15) is 4.37 Å². The van der Waals surface area contributed by atoms with E-state index < -0.39 is 11.7 Å². The summed E-state index contributed by atoms with van der Waals surface area (Å²) in [6.07, 6.45) is 1.14. The standard InChI is InChI=1S/C16H14FN5O2S.C2H6/c1-10-19-16(25-21-10)22(14-7-6-13(17)8-18-14)9-11-2-4-12(5-3-11)15(23)20-24;1-2/h2-8,24H,9H2,1H3,(H,20,23);1-2H3. The second-order valence-electron chi connectivity index (χ2n) is 5.18. The molecule has 142 valence electrons. The van der Waals surface area contributed by atoms with Gasteiger partial charge in [-0.1, -0.05) is 26.0 Å². The summed E-state index contributed by atoms with van der Waals surface area (Å²) >= 11 is 1.22. The lowest BCUT2D eigenvalue weighted by molar-refractivity contribution is 0.0706. The van der Waals surface area contributed by atoms with Gasteiger partial charge in [0.05, 0.1) is 12.7 Å². The number of aromatic nitrogens is 3. The van der Waals surface area contributed by atoms with Crippen molar-refractivity contribution in [2.24, 2.45) is 0 Å². The van der Waals surface area contributed by atoms with Crippen molar-refractivity contribution in [1.82, 2.24) is 19.8 Å². The second kappa shape index (κ2) is 9.70. The Bertz CT molecular complexity index is 868. The first-order valence-corrected chi connectivity index (χ1v) is 9.07. The second-order valence-corrected chi connectivity index (χ2v) is 5.91. The number of pyridine rings is 1. The SMILES string of the molecule is CC.Cc1nsc(N(Cc2ccc(C(=O)NO)cc2)c2ccc(F)cn2)n1. The van der Waals surface area contributed by atoms with Gasteiger partial charge in [0.25, 0.3) is 5.91 Å². The molecule has 0 atom stereocenters. The van der Waals surface area contributed by atoms with Crippen LogP contribution in [0.5, 0.6) is 0 Å². The summed E-state index contributed by atoms with van der Waals surface area (Å²) in [5.74, 6) is 0.177. The number of hydrogen-bond donors (Lipinski definition) is 2. The molecule has 2 aromatic heterocycles. The summed E-state index contributed by atoms with van der Waals surface area (Å²) in [4.78, 5) is 21.7. The van der Waals surface area contributed by atoms with E-state index in [-0.39, 0.29) is 0 Å². The van der Waals surface area contributed by atoms with Crippen LogP contribution in [0.2, 0.25) is 0 Å². The lowest BCUT2D eigenvalue weighted by atomic mass is 10.1. The monoisotopic (exact) mass is 389 g/mol. The molecule has 27 heavy (non-hydrogen) atoms. The number of aryl methyl sites for hydroxylation is 1. The fraction of sp³-hybridized carbons (Fsp3) is 0.222. The first-order valence-electron chi connectivity index (χ1n) is 8.29. The Morgan fingerprint density at radius 3 is 2.44 bits per heavy atom. The fourth-order valence-corrected chi connectivity index (χ4v) is 2.86. The summed E-state index contributed by atoms with van der Waals surface area (Å²) in [6, 6.07) is 9.62. The molecule has 0 unspecified atom stereocenters. The van der Waals surface area contributed by atoms with E-state index in [1.54, 1.807) is 42.7 Å². The highest BCUT2D eigenvalue weighted by molar-refractivity contribution is 7.09. The van der Waals surface area contributed by atoms with Gasteiger partial charge in [-0.05, 0) is 36.8 Å². The average molecular weight is 389 g/mol. The third-order valence-corrected chi connectivity index (χ3v) is 4.22. The molecule has 7 nitrogen and oxygen atoms in total. The number of hydrogen-bond acceptors (Lipinski definition) is 7. The number of nitrogens with one attached hydrogen (secondary N) is 1. The van der Waals surface area contributed by atoms with E-state index in [0.29, 0.717) is 28.9 Å². The maximum absolute atomic E-state index is 13.2. The molecule has 0 radical (unpaired) electrons. The van der Waals surface area contributed by atoms with Gasteiger partial charge in [-0.15, -0.1) is 0 Å². The number of nitrogens with zero attached hydrogens (tertiary/aromatic N) is 4. The Labute approximate surface area is 160 Å². The number of hydroxylamine groups is 1. The quantitative estimate of drug-likeness (QED) is 0.509. The normalized spacial score (nSPS) is 9.96. The van der Waals surface area contributed by atoms with Gasteiger partial charge in [0.15, 0.2) is 0 Å². The Hall–Kier alpha value is -2.91. The average Bonchev–Trinajstić information content (AvgIpc) is 3.14. The number of anilines is 2. The summed E-state index contributed by atoms with van der Waals surface area (Å²) in [7, 11) is 0. The van der Waals surface area contributed by atoms with Crippen LogP contribution in [0.1, 0.15) is 35.6 Å². The molecule has 3 rings (SSSR count). The lowest BCUT2D eigenvalue weighted by Crippen LogP contribution is -2.19. The van der Waals surface area contributed by atoms with Crippen LogP contribution in [0.25, 0.3) is 0 Å². The van der Waals surface area contributed by atoms with Gasteiger partial charge in [-0.25, -0.2) is 19.8 Å². The van der Waals surface area contributed by atoms with Crippen molar-refractivity contribution in [2.75, 3.05) is 4.90 Å². The molecule has 1 aromatic carbocycles. The molecule has 9 heteroatoms. The van der Waals surface area contributed by atoms with E-state index in [1.807, 2.05) is 18.7 Å². The minimum Gasteiger partial charge on any atom is -0.297 e. The number of rotatable bonds is 5. The van der Waals surface area contributed by atoms with Gasteiger partial charge in [0.2, 0.25) is 5.13 Å². The van der Waals surface area contributed by atoms with Gasteiger partial charge in [-0.3, -0.25) is 14.9 Å². The fourth-order valence-electron chi connectivity index (χ4n) is 2.18.